The maximum atomic E-state index is 12.2. The van der Waals surface area contributed by atoms with Crippen molar-refractivity contribution in [2.24, 2.45) is 0 Å². The molecule has 6 nitrogen and oxygen atoms in total. The Hall–Kier alpha value is -3.15. The number of rotatable bonds is 5. The SMILES string of the molecule is COC(=O)c1ccccc1NC(=O)COc1cccc2c1CCC2=O. The predicted molar refractivity (Wildman–Crippen MR) is 91.0 cm³/mol. The molecule has 6 heteroatoms. The van der Waals surface area contributed by atoms with Crippen LogP contribution in [-0.4, -0.2) is 31.4 Å². The highest BCUT2D eigenvalue weighted by molar-refractivity contribution is 6.02. The van der Waals surface area contributed by atoms with Gasteiger partial charge in [0.25, 0.3) is 5.91 Å². The Morgan fingerprint density at radius 3 is 2.68 bits per heavy atom. The minimum atomic E-state index is -0.531. The van der Waals surface area contributed by atoms with Crippen LogP contribution in [0, 0.1) is 0 Å². The van der Waals surface area contributed by atoms with Crippen LogP contribution in [0.1, 0.15) is 32.7 Å². The van der Waals surface area contributed by atoms with E-state index in [1.165, 1.54) is 7.11 Å². The van der Waals surface area contributed by atoms with Crippen molar-refractivity contribution >= 4 is 23.3 Å². The summed E-state index contributed by atoms with van der Waals surface area (Å²) < 4.78 is 10.3. The average Bonchev–Trinajstić information content (AvgIpc) is 3.01. The van der Waals surface area contributed by atoms with E-state index in [9.17, 15) is 14.4 Å². The zero-order chi connectivity index (χ0) is 17.8. The van der Waals surface area contributed by atoms with E-state index in [0.717, 1.165) is 5.56 Å². The molecule has 128 valence electrons. The van der Waals surface area contributed by atoms with E-state index in [0.29, 0.717) is 29.8 Å². The number of nitrogens with one attached hydrogen (secondary N) is 1. The van der Waals surface area contributed by atoms with Crippen molar-refractivity contribution < 1.29 is 23.9 Å². The van der Waals surface area contributed by atoms with Crippen molar-refractivity contribution in [2.45, 2.75) is 12.8 Å². The first kappa shape index (κ1) is 16.7. The highest BCUT2D eigenvalue weighted by atomic mass is 16.5. The van der Waals surface area contributed by atoms with Gasteiger partial charge in [-0.3, -0.25) is 9.59 Å². The third-order valence-corrected chi connectivity index (χ3v) is 4.00. The van der Waals surface area contributed by atoms with Crippen LogP contribution in [0.5, 0.6) is 5.75 Å². The Kier molecular flexibility index (Phi) is 4.79. The van der Waals surface area contributed by atoms with Crippen LogP contribution < -0.4 is 10.1 Å². The fourth-order valence-electron chi connectivity index (χ4n) is 2.80. The highest BCUT2D eigenvalue weighted by Crippen LogP contribution is 2.30. The predicted octanol–water partition coefficient (Wildman–Crippen LogP) is 2.62. The van der Waals surface area contributed by atoms with Gasteiger partial charge in [-0.1, -0.05) is 24.3 Å². The number of carbonyl (C=O) groups excluding carboxylic acids is 3. The molecule has 2 aromatic rings. The molecule has 1 amide bonds. The van der Waals surface area contributed by atoms with Crippen LogP contribution >= 0.6 is 0 Å². The maximum absolute atomic E-state index is 12.2. The van der Waals surface area contributed by atoms with Gasteiger partial charge in [0.15, 0.2) is 12.4 Å². The first-order chi connectivity index (χ1) is 12.1. The number of hydrogen-bond donors (Lipinski definition) is 1. The Morgan fingerprint density at radius 2 is 1.88 bits per heavy atom. The molecule has 0 heterocycles. The number of benzene rings is 2. The van der Waals surface area contributed by atoms with Crippen LogP contribution in [-0.2, 0) is 16.0 Å². The first-order valence-corrected chi connectivity index (χ1v) is 7.85. The summed E-state index contributed by atoms with van der Waals surface area (Å²) in [6.07, 6.45) is 1.09. The summed E-state index contributed by atoms with van der Waals surface area (Å²) in [5, 5.41) is 2.64. The normalized spacial score (nSPS) is 12.4. The van der Waals surface area contributed by atoms with Crippen molar-refractivity contribution in [3.63, 3.8) is 0 Å². The molecule has 0 saturated heterocycles. The molecule has 0 saturated carbocycles. The first-order valence-electron chi connectivity index (χ1n) is 7.85. The van der Waals surface area contributed by atoms with Gasteiger partial charge in [-0.2, -0.15) is 0 Å². The number of anilines is 1. The van der Waals surface area contributed by atoms with Crippen molar-refractivity contribution in [1.29, 1.82) is 0 Å². The molecule has 0 bridgehead atoms. The maximum Gasteiger partial charge on any atom is 0.339 e. The van der Waals surface area contributed by atoms with Gasteiger partial charge in [0.1, 0.15) is 5.75 Å². The van der Waals surface area contributed by atoms with E-state index in [-0.39, 0.29) is 18.0 Å². The number of ketones is 1. The molecule has 1 N–H and O–H groups in total. The molecule has 3 rings (SSSR count). The summed E-state index contributed by atoms with van der Waals surface area (Å²) >= 11 is 0. The van der Waals surface area contributed by atoms with Crippen molar-refractivity contribution in [2.75, 3.05) is 19.0 Å². The van der Waals surface area contributed by atoms with Gasteiger partial charge in [-0.05, 0) is 24.6 Å². The van der Waals surface area contributed by atoms with Gasteiger partial charge in [-0.25, -0.2) is 4.79 Å². The standard InChI is InChI=1S/C19H17NO5/c1-24-19(23)14-5-2-3-7-15(14)20-18(22)11-25-17-8-4-6-12-13(17)9-10-16(12)21/h2-8H,9-11H2,1H3,(H,20,22). The highest BCUT2D eigenvalue weighted by Gasteiger charge is 2.23. The van der Waals surface area contributed by atoms with Crippen molar-refractivity contribution in [3.8, 4) is 5.75 Å². The lowest BCUT2D eigenvalue weighted by atomic mass is 10.1. The van der Waals surface area contributed by atoms with E-state index in [4.69, 9.17) is 9.47 Å². The number of amides is 1. The molecule has 0 radical (unpaired) electrons. The van der Waals surface area contributed by atoms with Gasteiger partial charge in [0, 0.05) is 17.5 Å². The van der Waals surface area contributed by atoms with Gasteiger partial charge >= 0.3 is 5.97 Å². The Labute approximate surface area is 144 Å². The zero-order valence-corrected chi connectivity index (χ0v) is 13.7. The molecule has 0 aliphatic heterocycles. The fourth-order valence-corrected chi connectivity index (χ4v) is 2.80. The Balaban J connectivity index is 1.67. The van der Waals surface area contributed by atoms with Crippen LogP contribution in [0.15, 0.2) is 42.5 Å². The fraction of sp³-hybridized carbons (Fsp3) is 0.211. The molecule has 0 spiro atoms. The molecule has 0 aromatic heterocycles. The molecule has 1 aliphatic carbocycles. The Bertz CT molecular complexity index is 843. The minimum absolute atomic E-state index is 0.0944. The largest absolute Gasteiger partial charge is 0.483 e. The average molecular weight is 339 g/mol. The van der Waals surface area contributed by atoms with E-state index in [1.54, 1.807) is 42.5 Å². The monoisotopic (exact) mass is 339 g/mol. The van der Waals surface area contributed by atoms with Crippen LogP contribution in [0.25, 0.3) is 0 Å². The van der Waals surface area contributed by atoms with Crippen molar-refractivity contribution in [3.05, 3.63) is 59.2 Å². The van der Waals surface area contributed by atoms with Gasteiger partial charge in [-0.15, -0.1) is 0 Å². The van der Waals surface area contributed by atoms with Crippen LogP contribution in [0.3, 0.4) is 0 Å². The number of Topliss-reactive ketones (excluding diaryl/α,β-unsaturated/α-hetero) is 1. The lowest BCUT2D eigenvalue weighted by molar-refractivity contribution is -0.118. The summed E-state index contributed by atoms with van der Waals surface area (Å²) in [7, 11) is 1.28. The molecule has 0 fully saturated rings. The smallest absolute Gasteiger partial charge is 0.339 e. The number of methoxy groups -OCH3 is 1. The van der Waals surface area contributed by atoms with Gasteiger partial charge in [0.2, 0.25) is 0 Å². The summed E-state index contributed by atoms with van der Waals surface area (Å²) in [4.78, 5) is 35.6. The summed E-state index contributed by atoms with van der Waals surface area (Å²) in [5.41, 5.74) is 2.13. The molecule has 25 heavy (non-hydrogen) atoms. The second kappa shape index (κ2) is 7.17. The van der Waals surface area contributed by atoms with Crippen LogP contribution in [0.2, 0.25) is 0 Å². The molecule has 2 aromatic carbocycles. The van der Waals surface area contributed by atoms with E-state index in [1.807, 2.05) is 0 Å². The lowest BCUT2D eigenvalue weighted by Gasteiger charge is -2.12. The molecule has 0 unspecified atom stereocenters. The molecular formula is C19H17NO5. The topological polar surface area (TPSA) is 81.7 Å². The van der Waals surface area contributed by atoms with E-state index in [2.05, 4.69) is 5.32 Å². The van der Waals surface area contributed by atoms with Crippen molar-refractivity contribution in [1.82, 2.24) is 0 Å². The van der Waals surface area contributed by atoms with Gasteiger partial charge in [0.05, 0.1) is 18.4 Å². The van der Waals surface area contributed by atoms with Gasteiger partial charge < -0.3 is 14.8 Å². The second-order valence-corrected chi connectivity index (χ2v) is 5.58. The third-order valence-electron chi connectivity index (χ3n) is 4.00. The number of hydrogen-bond acceptors (Lipinski definition) is 5. The molecule has 1 aliphatic rings. The number of carbonyl (C=O) groups is 3. The Morgan fingerprint density at radius 1 is 1.08 bits per heavy atom. The summed E-state index contributed by atoms with van der Waals surface area (Å²) in [6, 6.07) is 11.8. The van der Waals surface area contributed by atoms with E-state index >= 15 is 0 Å². The third kappa shape index (κ3) is 3.52. The molecule has 0 atom stereocenters. The molecular weight excluding hydrogens is 322 g/mol. The van der Waals surface area contributed by atoms with Crippen LogP contribution in [0.4, 0.5) is 5.69 Å². The second-order valence-electron chi connectivity index (χ2n) is 5.58. The summed E-state index contributed by atoms with van der Waals surface area (Å²) in [6.45, 7) is -0.222. The minimum Gasteiger partial charge on any atom is -0.483 e. The number of ether oxygens (including phenoxy) is 2. The quantitative estimate of drug-likeness (QED) is 0.847. The number of fused-ring (bicyclic) bond motifs is 1. The lowest BCUT2D eigenvalue weighted by Crippen LogP contribution is -2.22. The summed E-state index contributed by atoms with van der Waals surface area (Å²) in [5.74, 6) is -0.300. The zero-order valence-electron chi connectivity index (χ0n) is 13.7. The number of esters is 1. The van der Waals surface area contributed by atoms with E-state index < -0.39 is 11.9 Å². The number of para-hydroxylation sites is 1.